The van der Waals surface area contributed by atoms with Gasteiger partial charge in [-0.1, -0.05) is 0 Å². The predicted molar refractivity (Wildman–Crippen MR) is 61.4 cm³/mol. The molecular formula is C11H19N3O3. The predicted octanol–water partition coefficient (Wildman–Crippen LogP) is -1.29. The topological polar surface area (TPSA) is 70.7 Å². The number of carbonyl (C=O) groups is 2. The van der Waals surface area contributed by atoms with Crippen molar-refractivity contribution in [3.8, 4) is 0 Å². The maximum atomic E-state index is 12.0. The largest absolute Gasteiger partial charge is 0.374 e. The van der Waals surface area contributed by atoms with Crippen LogP contribution in [0.3, 0.4) is 0 Å². The molecule has 0 saturated carbocycles. The van der Waals surface area contributed by atoms with Gasteiger partial charge >= 0.3 is 0 Å². The molecule has 2 unspecified atom stereocenters. The third kappa shape index (κ3) is 3.17. The Labute approximate surface area is 101 Å². The molecule has 0 aromatic heterocycles. The van der Waals surface area contributed by atoms with E-state index in [-0.39, 0.29) is 24.0 Å². The Hall–Kier alpha value is -1.14. The van der Waals surface area contributed by atoms with Crippen LogP contribution in [0, 0.1) is 0 Å². The van der Waals surface area contributed by atoms with Gasteiger partial charge in [-0.05, 0) is 6.42 Å². The summed E-state index contributed by atoms with van der Waals surface area (Å²) < 4.78 is 5.54. The standard InChI is InChI=1S/C11H19N3O3/c1-14(7-8-6-12-4-5-17-8)11(16)9-2-3-10(15)13-9/h8-9,12H,2-7H2,1H3,(H,13,15). The van der Waals surface area contributed by atoms with E-state index in [4.69, 9.17) is 4.74 Å². The highest BCUT2D eigenvalue weighted by Gasteiger charge is 2.30. The molecule has 2 saturated heterocycles. The summed E-state index contributed by atoms with van der Waals surface area (Å²) in [6.45, 7) is 2.90. The number of likely N-dealkylation sites (N-methyl/N-ethyl adjacent to an activating group) is 1. The monoisotopic (exact) mass is 241 g/mol. The molecule has 2 aliphatic rings. The molecule has 2 amide bonds. The van der Waals surface area contributed by atoms with E-state index in [1.165, 1.54) is 0 Å². The number of morpholine rings is 1. The highest BCUT2D eigenvalue weighted by Crippen LogP contribution is 2.10. The Morgan fingerprint density at radius 2 is 2.41 bits per heavy atom. The Morgan fingerprint density at radius 1 is 1.59 bits per heavy atom. The number of carbonyl (C=O) groups excluding carboxylic acids is 2. The van der Waals surface area contributed by atoms with E-state index in [1.54, 1.807) is 11.9 Å². The van der Waals surface area contributed by atoms with Crippen LogP contribution in [0.2, 0.25) is 0 Å². The van der Waals surface area contributed by atoms with Gasteiger partial charge in [-0.3, -0.25) is 9.59 Å². The van der Waals surface area contributed by atoms with Gasteiger partial charge < -0.3 is 20.3 Å². The van der Waals surface area contributed by atoms with Gasteiger partial charge in [-0.15, -0.1) is 0 Å². The van der Waals surface area contributed by atoms with Crippen LogP contribution in [0.25, 0.3) is 0 Å². The third-order valence-corrected chi connectivity index (χ3v) is 3.15. The van der Waals surface area contributed by atoms with E-state index < -0.39 is 0 Å². The van der Waals surface area contributed by atoms with E-state index in [0.717, 1.165) is 13.1 Å². The summed E-state index contributed by atoms with van der Waals surface area (Å²) in [6, 6.07) is -0.343. The lowest BCUT2D eigenvalue weighted by atomic mass is 10.2. The lowest BCUT2D eigenvalue weighted by molar-refractivity contribution is -0.135. The maximum Gasteiger partial charge on any atom is 0.244 e. The van der Waals surface area contributed by atoms with Crippen LogP contribution in [0.4, 0.5) is 0 Å². The highest BCUT2D eigenvalue weighted by molar-refractivity contribution is 5.90. The summed E-state index contributed by atoms with van der Waals surface area (Å²) in [7, 11) is 1.75. The van der Waals surface area contributed by atoms with Gasteiger partial charge in [0.05, 0.1) is 12.7 Å². The number of hydrogen-bond acceptors (Lipinski definition) is 4. The Balaban J connectivity index is 1.80. The number of nitrogens with one attached hydrogen (secondary N) is 2. The minimum Gasteiger partial charge on any atom is -0.374 e. The molecule has 6 nitrogen and oxygen atoms in total. The molecule has 2 heterocycles. The van der Waals surface area contributed by atoms with Crippen LogP contribution in [-0.2, 0) is 14.3 Å². The second kappa shape index (κ2) is 5.46. The van der Waals surface area contributed by atoms with Crippen LogP contribution in [0.5, 0.6) is 0 Å². The number of nitrogens with zero attached hydrogens (tertiary/aromatic N) is 1. The zero-order valence-corrected chi connectivity index (χ0v) is 10.1. The second-order valence-corrected chi connectivity index (χ2v) is 4.57. The van der Waals surface area contributed by atoms with Gasteiger partial charge in [0.15, 0.2) is 0 Å². The Morgan fingerprint density at radius 3 is 3.00 bits per heavy atom. The molecule has 0 spiro atoms. The zero-order valence-electron chi connectivity index (χ0n) is 10.1. The van der Waals surface area contributed by atoms with Crippen molar-refractivity contribution in [3.05, 3.63) is 0 Å². The number of ether oxygens (including phenoxy) is 1. The molecule has 0 aliphatic carbocycles. The average molecular weight is 241 g/mol. The van der Waals surface area contributed by atoms with Crippen molar-refractivity contribution in [2.45, 2.75) is 25.0 Å². The van der Waals surface area contributed by atoms with E-state index in [2.05, 4.69) is 10.6 Å². The fraction of sp³-hybridized carbons (Fsp3) is 0.818. The SMILES string of the molecule is CN(CC1CNCCO1)C(=O)C1CCC(=O)N1. The fourth-order valence-corrected chi connectivity index (χ4v) is 2.20. The molecule has 2 atom stereocenters. The highest BCUT2D eigenvalue weighted by atomic mass is 16.5. The van der Waals surface area contributed by atoms with Crippen LogP contribution in [0.1, 0.15) is 12.8 Å². The number of hydrogen-bond donors (Lipinski definition) is 2. The van der Waals surface area contributed by atoms with Crippen molar-refractivity contribution in [3.63, 3.8) is 0 Å². The lowest BCUT2D eigenvalue weighted by Crippen LogP contribution is -2.49. The van der Waals surface area contributed by atoms with E-state index in [1.807, 2.05) is 0 Å². The molecule has 17 heavy (non-hydrogen) atoms. The molecule has 0 radical (unpaired) electrons. The summed E-state index contributed by atoms with van der Waals surface area (Å²) in [5.41, 5.74) is 0. The first-order valence-electron chi connectivity index (χ1n) is 6.03. The summed E-state index contributed by atoms with van der Waals surface area (Å²) in [5, 5.41) is 5.91. The molecule has 0 bridgehead atoms. The third-order valence-electron chi connectivity index (χ3n) is 3.15. The van der Waals surface area contributed by atoms with Crippen LogP contribution in [-0.4, -0.2) is 62.1 Å². The molecule has 2 rings (SSSR count). The molecule has 96 valence electrons. The Kier molecular flexibility index (Phi) is 3.96. The summed E-state index contributed by atoms with van der Waals surface area (Å²) in [6.07, 6.45) is 1.10. The summed E-state index contributed by atoms with van der Waals surface area (Å²) in [4.78, 5) is 24.7. The van der Waals surface area contributed by atoms with Crippen LogP contribution < -0.4 is 10.6 Å². The van der Waals surface area contributed by atoms with Crippen LogP contribution in [0.15, 0.2) is 0 Å². The molecule has 0 aromatic carbocycles. The summed E-state index contributed by atoms with van der Waals surface area (Å²) >= 11 is 0. The van der Waals surface area contributed by atoms with Crippen molar-refractivity contribution in [1.82, 2.24) is 15.5 Å². The number of rotatable bonds is 3. The van der Waals surface area contributed by atoms with Gasteiger partial charge in [-0.25, -0.2) is 0 Å². The Bertz CT molecular complexity index is 302. The van der Waals surface area contributed by atoms with Gasteiger partial charge in [-0.2, -0.15) is 0 Å². The first kappa shape index (κ1) is 12.3. The first-order chi connectivity index (χ1) is 8.16. The minimum atomic E-state index is -0.343. The summed E-state index contributed by atoms with van der Waals surface area (Å²) in [5.74, 6) is -0.0580. The average Bonchev–Trinajstić information content (AvgIpc) is 2.76. The normalized spacial score (nSPS) is 28.9. The van der Waals surface area contributed by atoms with Crippen LogP contribution >= 0.6 is 0 Å². The van der Waals surface area contributed by atoms with Crippen molar-refractivity contribution in [2.75, 3.05) is 33.3 Å². The van der Waals surface area contributed by atoms with E-state index >= 15 is 0 Å². The molecular weight excluding hydrogens is 222 g/mol. The first-order valence-corrected chi connectivity index (χ1v) is 6.03. The smallest absolute Gasteiger partial charge is 0.244 e. The number of amides is 2. The van der Waals surface area contributed by atoms with E-state index in [9.17, 15) is 9.59 Å². The van der Waals surface area contributed by atoms with Crippen molar-refractivity contribution < 1.29 is 14.3 Å². The minimum absolute atomic E-state index is 0.0231. The molecule has 2 aliphatic heterocycles. The van der Waals surface area contributed by atoms with Gasteiger partial charge in [0.25, 0.3) is 0 Å². The van der Waals surface area contributed by atoms with Gasteiger partial charge in [0, 0.05) is 33.1 Å². The maximum absolute atomic E-state index is 12.0. The van der Waals surface area contributed by atoms with E-state index in [0.29, 0.717) is 26.0 Å². The second-order valence-electron chi connectivity index (χ2n) is 4.57. The molecule has 2 fully saturated rings. The molecule has 0 aromatic rings. The van der Waals surface area contributed by atoms with Crippen molar-refractivity contribution in [2.24, 2.45) is 0 Å². The van der Waals surface area contributed by atoms with Gasteiger partial charge in [0.2, 0.25) is 11.8 Å². The van der Waals surface area contributed by atoms with Crippen molar-refractivity contribution >= 4 is 11.8 Å². The molecule has 6 heteroatoms. The van der Waals surface area contributed by atoms with Crippen molar-refractivity contribution in [1.29, 1.82) is 0 Å². The fourth-order valence-electron chi connectivity index (χ4n) is 2.20. The lowest BCUT2D eigenvalue weighted by Gasteiger charge is -2.29. The van der Waals surface area contributed by atoms with Gasteiger partial charge in [0.1, 0.15) is 6.04 Å². The quantitative estimate of drug-likeness (QED) is 0.645. The zero-order chi connectivity index (χ0) is 12.3. The molecule has 2 N–H and O–H groups in total.